The van der Waals surface area contributed by atoms with Crippen LogP contribution in [0.1, 0.15) is 35.2 Å². The third kappa shape index (κ3) is 3.76. The van der Waals surface area contributed by atoms with E-state index < -0.39 is 0 Å². The van der Waals surface area contributed by atoms with Gasteiger partial charge in [0, 0.05) is 28.5 Å². The second kappa shape index (κ2) is 6.94. The van der Waals surface area contributed by atoms with Crippen LogP contribution in [-0.4, -0.2) is 11.6 Å². The van der Waals surface area contributed by atoms with Crippen molar-refractivity contribution in [1.29, 1.82) is 0 Å². The number of rotatable bonds is 5. The van der Waals surface area contributed by atoms with Crippen molar-refractivity contribution in [1.82, 2.24) is 4.98 Å². The highest BCUT2D eigenvalue weighted by Crippen LogP contribution is 2.31. The first-order chi connectivity index (χ1) is 9.81. The van der Waals surface area contributed by atoms with Crippen LogP contribution in [-0.2, 0) is 16.2 Å². The average molecular weight is 326 g/mol. The number of benzene rings is 1. The van der Waals surface area contributed by atoms with Crippen LogP contribution in [0.3, 0.4) is 0 Å². The second-order valence-electron chi connectivity index (χ2n) is 4.80. The number of nitrogens with zero attached hydrogens (tertiary/aromatic N) is 1. The summed E-state index contributed by atoms with van der Waals surface area (Å²) in [4.78, 5) is 4.69. The van der Waals surface area contributed by atoms with E-state index in [1.54, 1.807) is 11.3 Å². The molecule has 1 saturated heterocycles. The summed E-state index contributed by atoms with van der Waals surface area (Å²) in [5.41, 5.74) is 2.47. The molecule has 0 N–H and O–H groups in total. The van der Waals surface area contributed by atoms with Crippen LogP contribution in [0.5, 0.6) is 0 Å². The van der Waals surface area contributed by atoms with Gasteiger partial charge >= 0.3 is 0 Å². The van der Waals surface area contributed by atoms with Crippen molar-refractivity contribution in [2.45, 2.75) is 30.5 Å². The van der Waals surface area contributed by atoms with Gasteiger partial charge in [0.25, 0.3) is 0 Å². The summed E-state index contributed by atoms with van der Waals surface area (Å²) in [5.74, 6) is 1.94. The van der Waals surface area contributed by atoms with Gasteiger partial charge in [-0.1, -0.05) is 23.7 Å². The van der Waals surface area contributed by atoms with E-state index in [1.807, 2.05) is 23.9 Å². The molecule has 20 heavy (non-hydrogen) atoms. The largest absolute Gasteiger partial charge is 0.371 e. The molecule has 2 heterocycles. The molecule has 0 saturated carbocycles. The average Bonchev–Trinajstić information content (AvgIpc) is 3.11. The molecular weight excluding hydrogens is 310 g/mol. The smallest absolute Gasteiger partial charge is 0.122 e. The molecule has 1 fully saturated rings. The maximum Gasteiger partial charge on any atom is 0.122 e. The van der Waals surface area contributed by atoms with E-state index in [1.165, 1.54) is 11.3 Å². The normalized spacial score (nSPS) is 18.6. The topological polar surface area (TPSA) is 22.1 Å². The molecule has 3 rings (SSSR count). The molecule has 1 aromatic carbocycles. The molecule has 0 unspecified atom stereocenters. The Bertz CT molecular complexity index is 549. The van der Waals surface area contributed by atoms with Crippen molar-refractivity contribution >= 4 is 34.7 Å². The van der Waals surface area contributed by atoms with Gasteiger partial charge in [0.2, 0.25) is 0 Å². The van der Waals surface area contributed by atoms with Crippen LogP contribution < -0.4 is 0 Å². The van der Waals surface area contributed by atoms with E-state index in [0.717, 1.165) is 41.0 Å². The lowest BCUT2D eigenvalue weighted by atomic mass is 10.2. The second-order valence-corrected chi connectivity index (χ2v) is 7.11. The highest BCUT2D eigenvalue weighted by atomic mass is 35.5. The fourth-order valence-corrected chi connectivity index (χ4v) is 4.18. The Kier molecular flexibility index (Phi) is 4.99. The molecule has 1 aliphatic rings. The predicted octanol–water partition coefficient (Wildman–Crippen LogP) is 5.08. The Balaban J connectivity index is 1.49. The molecule has 0 aliphatic carbocycles. The molecule has 1 atom stereocenters. The highest BCUT2D eigenvalue weighted by Gasteiger charge is 2.20. The number of hydrogen-bond donors (Lipinski definition) is 0. The van der Waals surface area contributed by atoms with Gasteiger partial charge in [-0.15, -0.1) is 11.3 Å². The van der Waals surface area contributed by atoms with Crippen molar-refractivity contribution in [2.24, 2.45) is 0 Å². The van der Waals surface area contributed by atoms with Crippen molar-refractivity contribution in [2.75, 3.05) is 6.61 Å². The monoisotopic (exact) mass is 325 g/mol. The van der Waals surface area contributed by atoms with E-state index in [-0.39, 0.29) is 6.10 Å². The predicted molar refractivity (Wildman–Crippen MR) is 86.5 cm³/mol. The minimum absolute atomic E-state index is 0.245. The summed E-state index contributed by atoms with van der Waals surface area (Å²) < 4.78 is 5.67. The third-order valence-electron chi connectivity index (χ3n) is 3.21. The Morgan fingerprint density at radius 3 is 2.90 bits per heavy atom. The molecule has 0 radical (unpaired) electrons. The quantitative estimate of drug-likeness (QED) is 0.765. The van der Waals surface area contributed by atoms with Crippen LogP contribution in [0.25, 0.3) is 0 Å². The van der Waals surface area contributed by atoms with Crippen molar-refractivity contribution in [3.8, 4) is 0 Å². The van der Waals surface area contributed by atoms with E-state index in [4.69, 9.17) is 16.3 Å². The van der Waals surface area contributed by atoms with Gasteiger partial charge in [0.05, 0.1) is 5.69 Å². The Morgan fingerprint density at radius 2 is 2.15 bits per heavy atom. The standard InChI is InChI=1S/C15H16ClNOS2/c16-12-5-3-11(4-6-12)8-19-9-13-10-20-15(17-13)14-2-1-7-18-14/h3-6,10,14H,1-2,7-9H2/t14-/m0/s1. The Hall–Kier alpha value is -0.550. The lowest BCUT2D eigenvalue weighted by Gasteiger charge is -2.04. The van der Waals surface area contributed by atoms with Gasteiger partial charge in [-0.3, -0.25) is 0 Å². The van der Waals surface area contributed by atoms with Crippen molar-refractivity contribution < 1.29 is 4.74 Å². The molecule has 106 valence electrons. The van der Waals surface area contributed by atoms with Crippen molar-refractivity contribution in [3.63, 3.8) is 0 Å². The Labute approximate surface area is 132 Å². The third-order valence-corrected chi connectivity index (χ3v) is 5.48. The summed E-state index contributed by atoms with van der Waals surface area (Å²) >= 11 is 9.49. The van der Waals surface area contributed by atoms with Gasteiger partial charge in [-0.05, 0) is 30.5 Å². The van der Waals surface area contributed by atoms with Gasteiger partial charge in [-0.2, -0.15) is 11.8 Å². The number of ether oxygens (including phenoxy) is 1. The molecule has 0 spiro atoms. The first-order valence-corrected chi connectivity index (χ1v) is 9.10. The molecule has 1 aliphatic heterocycles. The minimum Gasteiger partial charge on any atom is -0.371 e. The molecule has 0 bridgehead atoms. The van der Waals surface area contributed by atoms with E-state index in [0.29, 0.717) is 0 Å². The van der Waals surface area contributed by atoms with Gasteiger partial charge in [-0.25, -0.2) is 4.98 Å². The number of aromatic nitrogens is 1. The first kappa shape index (κ1) is 14.4. The number of halogens is 1. The lowest BCUT2D eigenvalue weighted by Crippen LogP contribution is -1.95. The van der Waals surface area contributed by atoms with Gasteiger partial charge in [0.15, 0.2) is 0 Å². The maximum absolute atomic E-state index is 5.88. The number of thioether (sulfide) groups is 1. The zero-order chi connectivity index (χ0) is 13.8. The zero-order valence-electron chi connectivity index (χ0n) is 11.0. The molecule has 2 aromatic rings. The van der Waals surface area contributed by atoms with Gasteiger partial charge in [0.1, 0.15) is 11.1 Å². The Morgan fingerprint density at radius 1 is 1.30 bits per heavy atom. The van der Waals surface area contributed by atoms with Crippen molar-refractivity contribution in [3.05, 3.63) is 50.9 Å². The summed E-state index contributed by atoms with van der Waals surface area (Å²) in [6.45, 7) is 0.880. The molecular formula is C15H16ClNOS2. The number of hydrogen-bond acceptors (Lipinski definition) is 4. The fraction of sp³-hybridized carbons (Fsp3) is 0.400. The maximum atomic E-state index is 5.88. The molecule has 2 nitrogen and oxygen atoms in total. The zero-order valence-corrected chi connectivity index (χ0v) is 13.4. The van der Waals surface area contributed by atoms with Crippen LogP contribution in [0, 0.1) is 0 Å². The summed E-state index contributed by atoms with van der Waals surface area (Å²) in [5, 5.41) is 4.09. The lowest BCUT2D eigenvalue weighted by molar-refractivity contribution is 0.111. The summed E-state index contributed by atoms with van der Waals surface area (Å²) in [7, 11) is 0. The van der Waals surface area contributed by atoms with E-state index in [9.17, 15) is 0 Å². The van der Waals surface area contributed by atoms with Crippen LogP contribution in [0.2, 0.25) is 5.02 Å². The van der Waals surface area contributed by atoms with Crippen LogP contribution in [0.15, 0.2) is 29.6 Å². The van der Waals surface area contributed by atoms with E-state index >= 15 is 0 Å². The summed E-state index contributed by atoms with van der Waals surface area (Å²) in [6.07, 6.45) is 2.52. The van der Waals surface area contributed by atoms with E-state index in [2.05, 4.69) is 22.5 Å². The molecule has 1 aromatic heterocycles. The number of thiazole rings is 1. The highest BCUT2D eigenvalue weighted by molar-refractivity contribution is 7.97. The summed E-state index contributed by atoms with van der Waals surface area (Å²) in [6, 6.07) is 8.04. The SMILES string of the molecule is Clc1ccc(CSCc2csc([C@@H]3CCCO3)n2)cc1. The van der Waals surface area contributed by atoms with Crippen LogP contribution in [0.4, 0.5) is 0 Å². The first-order valence-electron chi connectivity index (χ1n) is 6.69. The van der Waals surface area contributed by atoms with Crippen LogP contribution >= 0.6 is 34.7 Å². The van der Waals surface area contributed by atoms with Gasteiger partial charge < -0.3 is 4.74 Å². The minimum atomic E-state index is 0.245. The molecule has 5 heteroatoms. The molecule has 0 amide bonds. The fourth-order valence-electron chi connectivity index (χ4n) is 2.16.